The second-order valence-electron chi connectivity index (χ2n) is 9.47. The van der Waals surface area contributed by atoms with Crippen LogP contribution in [0.3, 0.4) is 0 Å². The number of rotatable bonds is 16. The van der Waals surface area contributed by atoms with Gasteiger partial charge >= 0.3 is 5.97 Å². The van der Waals surface area contributed by atoms with Gasteiger partial charge < -0.3 is 37.5 Å². The summed E-state index contributed by atoms with van der Waals surface area (Å²) < 4.78 is 0. The molecule has 9 N–H and O–H groups in total. The first-order valence-electron chi connectivity index (χ1n) is 12.9. The Bertz CT molecular complexity index is 1090. The quantitative estimate of drug-likeness (QED) is 0.112. The number of hydrogen-bond acceptors (Lipinski definition) is 7. The average molecular weight is 549 g/mol. The number of benzene rings is 1. The maximum Gasteiger partial charge on any atom is 0.326 e. The predicted octanol–water partition coefficient (Wildman–Crippen LogP) is 0.682. The Balaban J connectivity index is 2.32. The predicted molar refractivity (Wildman–Crippen MR) is 150 cm³/mol. The van der Waals surface area contributed by atoms with E-state index in [9.17, 15) is 24.3 Å². The second-order valence-corrected chi connectivity index (χ2v) is 9.83. The Hall–Kier alpha value is -3.09. The van der Waals surface area contributed by atoms with Gasteiger partial charge in [-0.15, -0.1) is 0 Å². The van der Waals surface area contributed by atoms with Gasteiger partial charge in [0.2, 0.25) is 17.7 Å². The van der Waals surface area contributed by atoms with E-state index in [1.165, 1.54) is 0 Å². The first-order valence-corrected chi connectivity index (χ1v) is 13.5. The fourth-order valence-electron chi connectivity index (χ4n) is 4.06. The van der Waals surface area contributed by atoms with Crippen molar-refractivity contribution in [1.82, 2.24) is 20.9 Å². The Morgan fingerprint density at radius 3 is 2.34 bits per heavy atom. The number of carboxylic acids is 1. The lowest BCUT2D eigenvalue weighted by molar-refractivity contribution is -0.142. The number of aromatic amines is 1. The molecule has 11 nitrogen and oxygen atoms in total. The zero-order valence-electron chi connectivity index (χ0n) is 21.9. The summed E-state index contributed by atoms with van der Waals surface area (Å²) in [5, 5.41) is 18.5. The number of thiol groups is 1. The number of carboxylic acid groups (broad SMARTS) is 1. The van der Waals surface area contributed by atoms with Gasteiger partial charge in [0, 0.05) is 29.3 Å². The van der Waals surface area contributed by atoms with Crippen LogP contribution in [0.5, 0.6) is 0 Å². The maximum atomic E-state index is 13.4. The first-order chi connectivity index (χ1) is 18.1. The summed E-state index contributed by atoms with van der Waals surface area (Å²) in [6.07, 6.45) is 3.80. The molecule has 2 rings (SSSR count). The zero-order valence-corrected chi connectivity index (χ0v) is 22.8. The topological polar surface area (TPSA) is 192 Å². The molecule has 1 aromatic carbocycles. The third-order valence-corrected chi connectivity index (χ3v) is 7.01. The van der Waals surface area contributed by atoms with Crippen molar-refractivity contribution in [1.29, 1.82) is 0 Å². The van der Waals surface area contributed by atoms with Crippen molar-refractivity contribution in [2.45, 2.75) is 70.1 Å². The summed E-state index contributed by atoms with van der Waals surface area (Å²) >= 11 is 4.05. The van der Waals surface area contributed by atoms with Crippen molar-refractivity contribution in [3.05, 3.63) is 36.0 Å². The van der Waals surface area contributed by atoms with E-state index < -0.39 is 47.9 Å². The number of fused-ring (bicyclic) bond motifs is 1. The highest BCUT2D eigenvalue weighted by molar-refractivity contribution is 7.80. The highest BCUT2D eigenvalue weighted by atomic mass is 32.1. The lowest BCUT2D eigenvalue weighted by atomic mass is 9.96. The molecule has 0 aliphatic rings. The number of unbranched alkanes of at least 4 members (excludes halogenated alkanes) is 1. The van der Waals surface area contributed by atoms with Gasteiger partial charge in [-0.2, -0.15) is 12.6 Å². The van der Waals surface area contributed by atoms with Crippen LogP contribution in [0.1, 0.15) is 45.1 Å². The van der Waals surface area contributed by atoms with Crippen LogP contribution in [0.4, 0.5) is 0 Å². The number of nitrogens with two attached hydrogens (primary N) is 2. The number of nitrogens with one attached hydrogen (secondary N) is 4. The fraction of sp³-hybridized carbons (Fsp3) is 0.538. The van der Waals surface area contributed by atoms with E-state index in [0.717, 1.165) is 16.5 Å². The van der Waals surface area contributed by atoms with Crippen LogP contribution in [-0.2, 0) is 25.6 Å². The van der Waals surface area contributed by atoms with Gasteiger partial charge in [0.05, 0.1) is 6.04 Å². The van der Waals surface area contributed by atoms with E-state index in [2.05, 4.69) is 33.6 Å². The monoisotopic (exact) mass is 548 g/mol. The van der Waals surface area contributed by atoms with Crippen LogP contribution in [0, 0.1) is 5.92 Å². The third kappa shape index (κ3) is 8.74. The highest BCUT2D eigenvalue weighted by Gasteiger charge is 2.32. The Kier molecular flexibility index (Phi) is 12.6. The molecule has 0 aliphatic heterocycles. The van der Waals surface area contributed by atoms with Gasteiger partial charge in [0.25, 0.3) is 0 Å². The maximum absolute atomic E-state index is 13.4. The Morgan fingerprint density at radius 2 is 1.71 bits per heavy atom. The lowest BCUT2D eigenvalue weighted by Crippen LogP contribution is -2.59. The van der Waals surface area contributed by atoms with Gasteiger partial charge in [0.15, 0.2) is 0 Å². The fourth-order valence-corrected chi connectivity index (χ4v) is 4.22. The molecule has 3 amide bonds. The van der Waals surface area contributed by atoms with Crippen molar-refractivity contribution in [3.63, 3.8) is 0 Å². The van der Waals surface area contributed by atoms with E-state index in [4.69, 9.17) is 11.5 Å². The molecule has 0 fully saturated rings. The standard InChI is InChI=1S/C26H40N6O5S/c1-3-15(2)22(32-23(33)18(28)14-38)25(35)31-21(12-16-13-29-19-9-5-4-8-17(16)19)24(34)30-20(26(36)37)10-6-7-11-27/h4-5,8-9,13,15,18,20-22,29,38H,3,6-7,10-12,14,27-28H2,1-2H3,(H,30,34)(H,31,35)(H,32,33)(H,36,37). The van der Waals surface area contributed by atoms with Crippen LogP contribution in [0.2, 0.25) is 0 Å². The zero-order chi connectivity index (χ0) is 28.2. The molecule has 0 bridgehead atoms. The van der Waals surface area contributed by atoms with Crippen molar-refractivity contribution in [2.24, 2.45) is 17.4 Å². The number of hydrogen-bond donors (Lipinski definition) is 8. The minimum Gasteiger partial charge on any atom is -0.480 e. The number of amides is 3. The largest absolute Gasteiger partial charge is 0.480 e. The second kappa shape index (κ2) is 15.4. The average Bonchev–Trinajstić information content (AvgIpc) is 3.32. The molecule has 12 heteroatoms. The molecule has 5 atom stereocenters. The SMILES string of the molecule is CCC(C)C(NC(=O)C(N)CS)C(=O)NC(Cc1c[nH]c2ccccc12)C(=O)NC(CCCCN)C(=O)O. The summed E-state index contributed by atoms with van der Waals surface area (Å²) in [7, 11) is 0. The van der Waals surface area contributed by atoms with Gasteiger partial charge in [-0.1, -0.05) is 38.5 Å². The number of aliphatic carboxylic acids is 1. The number of carbonyl (C=O) groups is 4. The minimum atomic E-state index is -1.17. The van der Waals surface area contributed by atoms with E-state index >= 15 is 0 Å². The van der Waals surface area contributed by atoms with Crippen molar-refractivity contribution in [3.8, 4) is 0 Å². The molecule has 1 aromatic heterocycles. The first kappa shape index (κ1) is 31.1. The molecular formula is C26H40N6O5S. The summed E-state index contributed by atoms with van der Waals surface area (Å²) in [5.74, 6) is -3.04. The lowest BCUT2D eigenvalue weighted by Gasteiger charge is -2.28. The molecule has 38 heavy (non-hydrogen) atoms. The molecule has 210 valence electrons. The summed E-state index contributed by atoms with van der Waals surface area (Å²) in [5.41, 5.74) is 12.9. The van der Waals surface area contributed by atoms with Gasteiger partial charge in [-0.25, -0.2) is 4.79 Å². The summed E-state index contributed by atoms with van der Waals surface area (Å²) in [4.78, 5) is 54.2. The highest BCUT2D eigenvalue weighted by Crippen LogP contribution is 2.20. The van der Waals surface area contributed by atoms with E-state index in [0.29, 0.717) is 25.8 Å². The van der Waals surface area contributed by atoms with E-state index in [-0.39, 0.29) is 24.5 Å². The number of H-pyrrole nitrogens is 1. The number of aromatic nitrogens is 1. The van der Waals surface area contributed by atoms with Crippen LogP contribution in [-0.4, -0.2) is 70.2 Å². The van der Waals surface area contributed by atoms with Gasteiger partial charge in [-0.3, -0.25) is 14.4 Å². The molecule has 0 radical (unpaired) electrons. The molecule has 5 unspecified atom stereocenters. The summed E-state index contributed by atoms with van der Waals surface area (Å²) in [6.45, 7) is 4.10. The third-order valence-electron chi connectivity index (χ3n) is 6.62. The van der Waals surface area contributed by atoms with Crippen molar-refractivity contribution >= 4 is 47.2 Å². The minimum absolute atomic E-state index is 0.104. The van der Waals surface area contributed by atoms with Gasteiger partial charge in [0.1, 0.15) is 18.1 Å². The number of carbonyl (C=O) groups excluding carboxylic acids is 3. The molecule has 0 saturated heterocycles. The molecule has 0 spiro atoms. The summed E-state index contributed by atoms with van der Waals surface area (Å²) in [6, 6.07) is 3.46. The Labute approximate surface area is 228 Å². The van der Waals surface area contributed by atoms with Crippen LogP contribution < -0.4 is 27.4 Å². The molecule has 0 aliphatic carbocycles. The van der Waals surface area contributed by atoms with E-state index in [1.54, 1.807) is 6.20 Å². The van der Waals surface area contributed by atoms with E-state index in [1.807, 2.05) is 38.1 Å². The van der Waals surface area contributed by atoms with Gasteiger partial charge in [-0.05, 0) is 43.4 Å². The van der Waals surface area contributed by atoms with Crippen LogP contribution >= 0.6 is 12.6 Å². The smallest absolute Gasteiger partial charge is 0.326 e. The Morgan fingerprint density at radius 1 is 1.03 bits per heavy atom. The molecule has 2 aromatic rings. The number of para-hydroxylation sites is 1. The normalized spacial score (nSPS) is 15.2. The van der Waals surface area contributed by atoms with Crippen molar-refractivity contribution in [2.75, 3.05) is 12.3 Å². The van der Waals surface area contributed by atoms with Crippen LogP contribution in [0.15, 0.2) is 30.5 Å². The van der Waals surface area contributed by atoms with Crippen LogP contribution in [0.25, 0.3) is 10.9 Å². The van der Waals surface area contributed by atoms with Crippen molar-refractivity contribution < 1.29 is 24.3 Å². The molecular weight excluding hydrogens is 508 g/mol. The molecule has 1 heterocycles. The molecule has 0 saturated carbocycles.